The molecule has 29 heavy (non-hydrogen) atoms. The van der Waals surface area contributed by atoms with E-state index in [4.69, 9.17) is 11.6 Å². The van der Waals surface area contributed by atoms with E-state index in [1.54, 1.807) is 0 Å². The zero-order valence-electron chi connectivity index (χ0n) is 15.7. The normalized spacial score (nSPS) is 11.8. The molecule has 0 atom stereocenters. The van der Waals surface area contributed by atoms with Gasteiger partial charge in [0.05, 0.1) is 11.3 Å². The van der Waals surface area contributed by atoms with Crippen LogP contribution in [-0.2, 0) is 23.8 Å². The highest BCUT2D eigenvalue weighted by molar-refractivity contribution is 7.99. The highest BCUT2D eigenvalue weighted by Crippen LogP contribution is 2.31. The fourth-order valence-electron chi connectivity index (χ4n) is 2.91. The van der Waals surface area contributed by atoms with Crippen LogP contribution in [0.4, 0.5) is 18.9 Å². The Morgan fingerprint density at radius 3 is 2.59 bits per heavy atom. The number of halogens is 4. The molecule has 0 aliphatic heterocycles. The van der Waals surface area contributed by atoms with Crippen molar-refractivity contribution < 1.29 is 18.0 Å². The molecule has 5 nitrogen and oxygen atoms in total. The van der Waals surface area contributed by atoms with E-state index in [0.717, 1.165) is 41.6 Å². The van der Waals surface area contributed by atoms with Gasteiger partial charge in [-0.15, -0.1) is 10.2 Å². The number of hydrogen-bond donors (Lipinski definition) is 1. The summed E-state index contributed by atoms with van der Waals surface area (Å²) >= 11 is 7.26. The van der Waals surface area contributed by atoms with Crippen molar-refractivity contribution in [1.82, 2.24) is 14.6 Å². The molecule has 0 aliphatic rings. The summed E-state index contributed by atoms with van der Waals surface area (Å²) in [6, 6.07) is 5.87. The highest BCUT2D eigenvalue weighted by atomic mass is 35.5. The summed E-state index contributed by atoms with van der Waals surface area (Å²) in [6.45, 7) is 3.93. The Labute approximate surface area is 174 Å². The maximum atomic E-state index is 12.9. The van der Waals surface area contributed by atoms with Gasteiger partial charge < -0.3 is 5.32 Å². The third-order valence-corrected chi connectivity index (χ3v) is 5.67. The molecule has 1 aromatic carbocycles. The monoisotopic (exact) mass is 442 g/mol. The van der Waals surface area contributed by atoms with Gasteiger partial charge in [-0.3, -0.25) is 9.20 Å². The molecule has 0 radical (unpaired) electrons. The molecule has 2 heterocycles. The molecule has 2 aromatic heterocycles. The summed E-state index contributed by atoms with van der Waals surface area (Å²) in [6.07, 6.45) is -2.17. The molecule has 0 aliphatic carbocycles. The van der Waals surface area contributed by atoms with E-state index in [-0.39, 0.29) is 22.5 Å². The number of amides is 1. The predicted octanol–water partition coefficient (Wildman–Crippen LogP) is 5.26. The SMILES string of the molecule is CCc1ccc(Cl)c(CC)c1NC(=O)CSc1nnc2ccc(C(F)(F)F)cn12. The Balaban J connectivity index is 1.78. The highest BCUT2D eigenvalue weighted by Gasteiger charge is 2.31. The summed E-state index contributed by atoms with van der Waals surface area (Å²) in [5, 5.41) is 11.4. The topological polar surface area (TPSA) is 59.3 Å². The maximum absolute atomic E-state index is 12.9. The lowest BCUT2D eigenvalue weighted by molar-refractivity contribution is -0.137. The number of nitrogens with zero attached hydrogens (tertiary/aromatic N) is 3. The fourth-order valence-corrected chi connectivity index (χ4v) is 3.92. The summed E-state index contributed by atoms with van der Waals surface area (Å²) in [5.74, 6) is -0.332. The summed E-state index contributed by atoms with van der Waals surface area (Å²) in [5.41, 5.74) is 1.98. The van der Waals surface area contributed by atoms with Crippen molar-refractivity contribution in [2.45, 2.75) is 38.0 Å². The fraction of sp³-hybridized carbons (Fsp3) is 0.316. The van der Waals surface area contributed by atoms with E-state index >= 15 is 0 Å². The van der Waals surface area contributed by atoms with Gasteiger partial charge in [0.2, 0.25) is 5.91 Å². The maximum Gasteiger partial charge on any atom is 0.417 e. The van der Waals surface area contributed by atoms with Gasteiger partial charge in [0, 0.05) is 16.9 Å². The second-order valence-corrected chi connectivity index (χ2v) is 7.58. The zero-order valence-corrected chi connectivity index (χ0v) is 17.3. The lowest BCUT2D eigenvalue weighted by atomic mass is 10.0. The number of aryl methyl sites for hydroxylation is 1. The van der Waals surface area contributed by atoms with Crippen molar-refractivity contribution in [3.63, 3.8) is 0 Å². The van der Waals surface area contributed by atoms with Gasteiger partial charge in [-0.1, -0.05) is 43.3 Å². The van der Waals surface area contributed by atoms with E-state index in [0.29, 0.717) is 17.1 Å². The van der Waals surface area contributed by atoms with Crippen molar-refractivity contribution in [3.8, 4) is 0 Å². The quantitative estimate of drug-likeness (QED) is 0.529. The van der Waals surface area contributed by atoms with Crippen LogP contribution in [0.2, 0.25) is 5.02 Å². The first-order valence-corrected chi connectivity index (χ1v) is 10.3. The van der Waals surface area contributed by atoms with Crippen molar-refractivity contribution in [1.29, 1.82) is 0 Å². The lowest BCUT2D eigenvalue weighted by Crippen LogP contribution is -2.17. The average Bonchev–Trinajstić information content (AvgIpc) is 3.08. The number of alkyl halides is 3. The van der Waals surface area contributed by atoms with Crippen LogP contribution in [0.5, 0.6) is 0 Å². The molecule has 0 fully saturated rings. The van der Waals surface area contributed by atoms with Crippen LogP contribution < -0.4 is 5.32 Å². The Hall–Kier alpha value is -2.26. The van der Waals surface area contributed by atoms with Gasteiger partial charge in [0.15, 0.2) is 10.8 Å². The third kappa shape index (κ3) is 4.67. The minimum Gasteiger partial charge on any atom is -0.325 e. The largest absolute Gasteiger partial charge is 0.417 e. The number of hydrogen-bond acceptors (Lipinski definition) is 4. The van der Waals surface area contributed by atoms with Gasteiger partial charge in [-0.05, 0) is 42.2 Å². The van der Waals surface area contributed by atoms with Crippen molar-refractivity contribution in [2.24, 2.45) is 0 Å². The number of nitrogens with one attached hydrogen (secondary N) is 1. The van der Waals surface area contributed by atoms with Gasteiger partial charge in [-0.2, -0.15) is 13.2 Å². The predicted molar refractivity (Wildman–Crippen MR) is 108 cm³/mol. The number of aromatic nitrogens is 3. The summed E-state index contributed by atoms with van der Waals surface area (Å²) < 4.78 is 40.1. The van der Waals surface area contributed by atoms with Crippen LogP contribution in [0.25, 0.3) is 5.65 Å². The standard InChI is InChI=1S/C19H18ClF3N4OS/c1-3-11-5-7-14(20)13(4-2)17(11)24-16(28)10-29-18-26-25-15-8-6-12(9-27(15)18)19(21,22)23/h5-9H,3-4,10H2,1-2H3,(H,24,28). The molecule has 0 saturated heterocycles. The summed E-state index contributed by atoms with van der Waals surface area (Å²) in [7, 11) is 0. The molecular weight excluding hydrogens is 425 g/mol. The number of anilines is 1. The molecule has 3 rings (SSSR count). The van der Waals surface area contributed by atoms with Crippen LogP contribution in [-0.4, -0.2) is 26.3 Å². The number of carbonyl (C=O) groups excluding carboxylic acids is 1. The Morgan fingerprint density at radius 2 is 1.93 bits per heavy atom. The number of pyridine rings is 1. The Morgan fingerprint density at radius 1 is 1.17 bits per heavy atom. The first-order chi connectivity index (χ1) is 13.7. The van der Waals surface area contributed by atoms with Crippen molar-refractivity contribution in [2.75, 3.05) is 11.1 Å². The van der Waals surface area contributed by atoms with Crippen LogP contribution >= 0.6 is 23.4 Å². The summed E-state index contributed by atoms with van der Waals surface area (Å²) in [4.78, 5) is 12.5. The molecule has 1 N–H and O–H groups in total. The first kappa shape index (κ1) is 21.4. The lowest BCUT2D eigenvalue weighted by Gasteiger charge is -2.15. The van der Waals surface area contributed by atoms with E-state index < -0.39 is 11.7 Å². The minimum absolute atomic E-state index is 0.0319. The van der Waals surface area contributed by atoms with Crippen LogP contribution in [0, 0.1) is 0 Å². The van der Waals surface area contributed by atoms with E-state index in [1.807, 2.05) is 26.0 Å². The minimum atomic E-state index is -4.47. The number of fused-ring (bicyclic) bond motifs is 1. The second kappa shape index (κ2) is 8.62. The molecule has 0 saturated carbocycles. The molecule has 0 unspecified atom stereocenters. The number of thioether (sulfide) groups is 1. The molecule has 0 spiro atoms. The molecule has 10 heteroatoms. The third-order valence-electron chi connectivity index (χ3n) is 4.37. The van der Waals surface area contributed by atoms with Gasteiger partial charge in [-0.25, -0.2) is 0 Å². The van der Waals surface area contributed by atoms with E-state index in [2.05, 4.69) is 15.5 Å². The van der Waals surface area contributed by atoms with Crippen LogP contribution in [0.1, 0.15) is 30.5 Å². The van der Waals surface area contributed by atoms with Gasteiger partial charge in [0.1, 0.15) is 0 Å². The van der Waals surface area contributed by atoms with Gasteiger partial charge in [0.25, 0.3) is 0 Å². The number of carbonyl (C=O) groups is 1. The van der Waals surface area contributed by atoms with Crippen LogP contribution in [0.3, 0.4) is 0 Å². The zero-order chi connectivity index (χ0) is 21.2. The van der Waals surface area contributed by atoms with Crippen molar-refractivity contribution in [3.05, 3.63) is 52.2 Å². The number of benzene rings is 1. The average molecular weight is 443 g/mol. The first-order valence-electron chi connectivity index (χ1n) is 8.89. The number of rotatable bonds is 6. The molecule has 1 amide bonds. The van der Waals surface area contributed by atoms with Crippen LogP contribution in [0.15, 0.2) is 35.6 Å². The molecule has 3 aromatic rings. The van der Waals surface area contributed by atoms with E-state index in [1.165, 1.54) is 10.5 Å². The molecule has 0 bridgehead atoms. The van der Waals surface area contributed by atoms with Crippen molar-refractivity contribution >= 4 is 40.6 Å². The van der Waals surface area contributed by atoms with E-state index in [9.17, 15) is 18.0 Å². The molecular formula is C19H18ClF3N4OS. The Kier molecular flexibility index (Phi) is 6.38. The molecule has 154 valence electrons. The smallest absolute Gasteiger partial charge is 0.325 e. The second-order valence-electron chi connectivity index (χ2n) is 6.23. The van der Waals surface area contributed by atoms with Gasteiger partial charge >= 0.3 is 6.18 Å². The Bertz CT molecular complexity index is 1050.